The van der Waals surface area contributed by atoms with Gasteiger partial charge in [0.2, 0.25) is 0 Å². The first-order valence-electron chi connectivity index (χ1n) is 5.49. The normalized spacial score (nSPS) is 14.1. The summed E-state index contributed by atoms with van der Waals surface area (Å²) < 4.78 is 36.8. The summed E-state index contributed by atoms with van der Waals surface area (Å²) in [6.45, 7) is 3.95. The van der Waals surface area contributed by atoms with Gasteiger partial charge in [-0.05, 0) is 24.5 Å². The molecular formula is C12H16F3NO. The molecule has 1 atom stereocenters. The number of pyridine rings is 1. The van der Waals surface area contributed by atoms with Crippen molar-refractivity contribution >= 4 is 0 Å². The van der Waals surface area contributed by atoms with Crippen molar-refractivity contribution in [1.29, 1.82) is 0 Å². The zero-order valence-electron chi connectivity index (χ0n) is 9.83. The van der Waals surface area contributed by atoms with Crippen LogP contribution in [0.25, 0.3) is 0 Å². The van der Waals surface area contributed by atoms with Crippen LogP contribution in [-0.2, 0) is 12.6 Å². The van der Waals surface area contributed by atoms with Crippen LogP contribution >= 0.6 is 0 Å². The monoisotopic (exact) mass is 247 g/mol. The van der Waals surface area contributed by atoms with Crippen molar-refractivity contribution in [3.8, 4) is 0 Å². The standard InChI is InChI=1S/C12H16F3NO/c1-8(2)5-11(17)6-10-4-3-9(7-16-10)12(13,14)15/h3-4,7-8,11,17H,5-6H2,1-2H3. The van der Waals surface area contributed by atoms with Gasteiger partial charge < -0.3 is 5.11 Å². The quantitative estimate of drug-likeness (QED) is 0.887. The molecule has 0 saturated carbocycles. The summed E-state index contributed by atoms with van der Waals surface area (Å²) in [6, 6.07) is 2.30. The van der Waals surface area contributed by atoms with Crippen molar-refractivity contribution in [2.24, 2.45) is 5.92 Å². The van der Waals surface area contributed by atoms with Gasteiger partial charge in [-0.2, -0.15) is 13.2 Å². The Balaban J connectivity index is 2.63. The van der Waals surface area contributed by atoms with Gasteiger partial charge in [0.1, 0.15) is 0 Å². The fraction of sp³-hybridized carbons (Fsp3) is 0.583. The van der Waals surface area contributed by atoms with Gasteiger partial charge in [-0.1, -0.05) is 13.8 Å². The van der Waals surface area contributed by atoms with E-state index in [1.165, 1.54) is 6.07 Å². The molecule has 96 valence electrons. The van der Waals surface area contributed by atoms with Crippen molar-refractivity contribution in [3.05, 3.63) is 29.6 Å². The lowest BCUT2D eigenvalue weighted by Crippen LogP contribution is -2.14. The first kappa shape index (κ1) is 14.0. The maximum Gasteiger partial charge on any atom is 0.417 e. The zero-order chi connectivity index (χ0) is 13.1. The Morgan fingerprint density at radius 3 is 2.35 bits per heavy atom. The van der Waals surface area contributed by atoms with Gasteiger partial charge in [-0.3, -0.25) is 4.98 Å². The first-order chi connectivity index (χ1) is 7.79. The molecule has 1 rings (SSSR count). The fourth-order valence-electron chi connectivity index (χ4n) is 1.58. The number of nitrogens with zero attached hydrogens (tertiary/aromatic N) is 1. The number of aromatic nitrogens is 1. The Kier molecular flexibility index (Phi) is 4.51. The summed E-state index contributed by atoms with van der Waals surface area (Å²) in [5.41, 5.74) is -0.286. The Hall–Kier alpha value is -1.10. The lowest BCUT2D eigenvalue weighted by Gasteiger charge is -2.13. The maximum atomic E-state index is 12.3. The minimum absolute atomic E-state index is 0.288. The van der Waals surface area contributed by atoms with E-state index in [4.69, 9.17) is 0 Å². The summed E-state index contributed by atoms with van der Waals surface area (Å²) >= 11 is 0. The Morgan fingerprint density at radius 2 is 1.94 bits per heavy atom. The predicted molar refractivity (Wildman–Crippen MR) is 58.4 cm³/mol. The fourth-order valence-corrected chi connectivity index (χ4v) is 1.58. The lowest BCUT2D eigenvalue weighted by atomic mass is 10.0. The molecule has 0 aromatic carbocycles. The van der Waals surface area contributed by atoms with Crippen LogP contribution < -0.4 is 0 Å². The van der Waals surface area contributed by atoms with E-state index in [-0.39, 0.29) is 6.42 Å². The number of halogens is 3. The smallest absolute Gasteiger partial charge is 0.393 e. The molecule has 17 heavy (non-hydrogen) atoms. The molecule has 1 aromatic rings. The highest BCUT2D eigenvalue weighted by Crippen LogP contribution is 2.28. The Morgan fingerprint density at radius 1 is 1.29 bits per heavy atom. The summed E-state index contributed by atoms with van der Waals surface area (Å²) in [4.78, 5) is 3.71. The SMILES string of the molecule is CC(C)CC(O)Cc1ccc(C(F)(F)F)cn1. The van der Waals surface area contributed by atoms with Gasteiger partial charge in [0.25, 0.3) is 0 Å². The molecule has 0 amide bonds. The minimum atomic E-state index is -4.36. The van der Waals surface area contributed by atoms with E-state index in [0.717, 1.165) is 12.3 Å². The van der Waals surface area contributed by atoms with E-state index in [0.29, 0.717) is 18.0 Å². The Labute approximate surface area is 98.5 Å². The molecule has 5 heteroatoms. The molecule has 0 fully saturated rings. The van der Waals surface area contributed by atoms with Crippen LogP contribution in [0.5, 0.6) is 0 Å². The molecule has 0 radical (unpaired) electrons. The lowest BCUT2D eigenvalue weighted by molar-refractivity contribution is -0.137. The van der Waals surface area contributed by atoms with Crippen molar-refractivity contribution < 1.29 is 18.3 Å². The molecule has 0 bridgehead atoms. The van der Waals surface area contributed by atoms with Crippen LogP contribution in [0.2, 0.25) is 0 Å². The molecule has 1 N–H and O–H groups in total. The van der Waals surface area contributed by atoms with E-state index in [1.54, 1.807) is 0 Å². The van der Waals surface area contributed by atoms with Gasteiger partial charge in [-0.25, -0.2) is 0 Å². The van der Waals surface area contributed by atoms with Crippen LogP contribution in [0.15, 0.2) is 18.3 Å². The summed E-state index contributed by atoms with van der Waals surface area (Å²) in [7, 11) is 0. The second-order valence-electron chi connectivity index (χ2n) is 4.52. The van der Waals surface area contributed by atoms with Crippen LogP contribution in [0.3, 0.4) is 0 Å². The summed E-state index contributed by atoms with van der Waals surface area (Å²) in [5.74, 6) is 0.347. The van der Waals surface area contributed by atoms with Crippen LogP contribution in [0, 0.1) is 5.92 Å². The van der Waals surface area contributed by atoms with Gasteiger partial charge in [0.15, 0.2) is 0 Å². The molecule has 0 aliphatic rings. The second kappa shape index (κ2) is 5.49. The zero-order valence-corrected chi connectivity index (χ0v) is 9.83. The van der Waals surface area contributed by atoms with E-state index >= 15 is 0 Å². The van der Waals surface area contributed by atoms with E-state index in [9.17, 15) is 18.3 Å². The number of aliphatic hydroxyl groups excluding tert-OH is 1. The topological polar surface area (TPSA) is 33.1 Å². The molecule has 0 saturated heterocycles. The molecule has 0 aliphatic heterocycles. The molecule has 1 aromatic heterocycles. The number of aliphatic hydroxyl groups is 1. The third kappa shape index (κ3) is 4.73. The molecule has 1 heterocycles. The number of hydrogen-bond acceptors (Lipinski definition) is 2. The third-order valence-corrected chi connectivity index (χ3v) is 2.34. The van der Waals surface area contributed by atoms with Gasteiger partial charge in [-0.15, -0.1) is 0 Å². The van der Waals surface area contributed by atoms with Gasteiger partial charge in [0.05, 0.1) is 11.7 Å². The van der Waals surface area contributed by atoms with Crippen LogP contribution in [-0.4, -0.2) is 16.2 Å². The number of alkyl halides is 3. The van der Waals surface area contributed by atoms with Gasteiger partial charge in [0, 0.05) is 18.3 Å². The molecule has 0 spiro atoms. The van der Waals surface area contributed by atoms with E-state index < -0.39 is 17.8 Å². The van der Waals surface area contributed by atoms with Gasteiger partial charge >= 0.3 is 6.18 Å². The molecule has 0 aliphatic carbocycles. The van der Waals surface area contributed by atoms with Crippen molar-refractivity contribution in [2.45, 2.75) is 39.0 Å². The summed E-state index contributed by atoms with van der Waals surface area (Å²) in [5, 5.41) is 9.64. The molecular weight excluding hydrogens is 231 g/mol. The highest BCUT2D eigenvalue weighted by molar-refractivity contribution is 5.17. The van der Waals surface area contributed by atoms with Crippen molar-refractivity contribution in [2.75, 3.05) is 0 Å². The molecule has 2 nitrogen and oxygen atoms in total. The largest absolute Gasteiger partial charge is 0.417 e. The highest BCUT2D eigenvalue weighted by atomic mass is 19.4. The van der Waals surface area contributed by atoms with E-state index in [1.807, 2.05) is 13.8 Å². The third-order valence-electron chi connectivity index (χ3n) is 2.34. The van der Waals surface area contributed by atoms with Crippen molar-refractivity contribution in [1.82, 2.24) is 4.98 Å². The minimum Gasteiger partial charge on any atom is -0.393 e. The highest BCUT2D eigenvalue weighted by Gasteiger charge is 2.30. The average Bonchev–Trinajstić information content (AvgIpc) is 2.15. The Bertz CT molecular complexity index is 346. The number of rotatable bonds is 4. The predicted octanol–water partition coefficient (Wildman–Crippen LogP) is 3.05. The number of hydrogen-bond donors (Lipinski definition) is 1. The second-order valence-corrected chi connectivity index (χ2v) is 4.52. The summed E-state index contributed by atoms with van der Waals surface area (Å²) in [6.07, 6.45) is -3.21. The first-order valence-corrected chi connectivity index (χ1v) is 5.49. The molecule has 1 unspecified atom stereocenters. The van der Waals surface area contributed by atoms with Crippen LogP contribution in [0.1, 0.15) is 31.5 Å². The van der Waals surface area contributed by atoms with E-state index in [2.05, 4.69) is 4.98 Å². The van der Waals surface area contributed by atoms with Crippen molar-refractivity contribution in [3.63, 3.8) is 0 Å². The van der Waals surface area contributed by atoms with Crippen LogP contribution in [0.4, 0.5) is 13.2 Å². The average molecular weight is 247 g/mol. The maximum absolute atomic E-state index is 12.3.